The lowest BCUT2D eigenvalue weighted by Gasteiger charge is -2.59. The second-order valence-corrected chi connectivity index (χ2v) is 6.48. The number of aliphatic hydroxyl groups excluding tert-OH is 1. The van der Waals surface area contributed by atoms with E-state index in [0.29, 0.717) is 6.92 Å². The molecule has 6 N–H and O–H groups in total. The van der Waals surface area contributed by atoms with Crippen LogP contribution in [0.4, 0.5) is 0 Å². The van der Waals surface area contributed by atoms with E-state index in [2.05, 4.69) is 0 Å². The highest BCUT2D eigenvalue weighted by atomic mass is 35.5. The standard InChI is InChI=1S/C8H10Cl4O7/c1-2(13)4(15)3(14)5(9,16)7(11,18)8(12,19)6(4,10)17/h3,14-19H,1H3/t3-,4-,5+,6-,7-,8+/m0/s1. The first-order valence-corrected chi connectivity index (χ1v) is 6.18. The van der Waals surface area contributed by atoms with Gasteiger partial charge in [-0.3, -0.25) is 4.79 Å². The highest BCUT2D eigenvalue weighted by Crippen LogP contribution is 2.60. The number of ketones is 1. The molecule has 1 aliphatic carbocycles. The molecule has 1 saturated carbocycles. The summed E-state index contributed by atoms with van der Waals surface area (Å²) >= 11 is 21.4. The van der Waals surface area contributed by atoms with Crippen molar-refractivity contribution >= 4 is 52.2 Å². The topological polar surface area (TPSA) is 138 Å². The lowest BCUT2D eigenvalue weighted by molar-refractivity contribution is -0.310. The summed E-state index contributed by atoms with van der Waals surface area (Å²) in [7, 11) is 0. The van der Waals surface area contributed by atoms with Crippen molar-refractivity contribution in [3.8, 4) is 0 Å². The number of hydrogen-bond acceptors (Lipinski definition) is 7. The number of Topliss-reactive ketones (excluding diaryl/α,β-unsaturated/α-hetero) is 1. The normalized spacial score (nSPS) is 59.0. The van der Waals surface area contributed by atoms with E-state index in [1.165, 1.54) is 0 Å². The number of hydrogen-bond donors (Lipinski definition) is 6. The van der Waals surface area contributed by atoms with Gasteiger partial charge in [-0.2, -0.15) is 0 Å². The summed E-state index contributed by atoms with van der Waals surface area (Å²) < 4.78 is 0. The highest BCUT2D eigenvalue weighted by Gasteiger charge is 2.85. The number of halogens is 4. The first-order chi connectivity index (χ1) is 8.10. The summed E-state index contributed by atoms with van der Waals surface area (Å²) in [6.07, 6.45) is -2.77. The molecule has 0 aromatic carbocycles. The minimum absolute atomic E-state index is 0.662. The van der Waals surface area contributed by atoms with Gasteiger partial charge >= 0.3 is 0 Å². The van der Waals surface area contributed by atoms with Gasteiger partial charge in [0.2, 0.25) is 20.2 Å². The third kappa shape index (κ3) is 1.72. The number of aliphatic hydroxyl groups is 6. The first-order valence-electron chi connectivity index (χ1n) is 4.66. The van der Waals surface area contributed by atoms with Gasteiger partial charge in [0.1, 0.15) is 6.10 Å². The van der Waals surface area contributed by atoms with Gasteiger partial charge in [-0.1, -0.05) is 46.4 Å². The Kier molecular flexibility index (Phi) is 3.99. The van der Waals surface area contributed by atoms with Gasteiger partial charge in [0.25, 0.3) is 0 Å². The smallest absolute Gasteiger partial charge is 0.232 e. The summed E-state index contributed by atoms with van der Waals surface area (Å²) in [5.74, 6) is -1.40. The van der Waals surface area contributed by atoms with E-state index in [9.17, 15) is 35.4 Å². The van der Waals surface area contributed by atoms with E-state index < -0.39 is 37.7 Å². The molecule has 0 unspecified atom stereocenters. The van der Waals surface area contributed by atoms with E-state index in [1.54, 1.807) is 0 Å². The zero-order valence-corrected chi connectivity index (χ0v) is 12.2. The minimum Gasteiger partial charge on any atom is -0.385 e. The van der Waals surface area contributed by atoms with Crippen molar-refractivity contribution in [3.05, 3.63) is 0 Å². The van der Waals surface area contributed by atoms with E-state index in [4.69, 9.17) is 46.4 Å². The Hall–Kier alpha value is 0.590. The van der Waals surface area contributed by atoms with Crippen molar-refractivity contribution in [2.45, 2.75) is 38.9 Å². The predicted octanol–water partition coefficient (Wildman–Crippen LogP) is -1.61. The Balaban J connectivity index is 3.72. The molecule has 0 saturated heterocycles. The van der Waals surface area contributed by atoms with Crippen LogP contribution < -0.4 is 0 Å². The molecule has 11 heteroatoms. The number of rotatable bonds is 1. The molecular weight excluding hydrogens is 350 g/mol. The average Bonchev–Trinajstić information content (AvgIpc) is 2.24. The van der Waals surface area contributed by atoms with Gasteiger partial charge in [-0.25, -0.2) is 0 Å². The SMILES string of the molecule is CC(=O)[C@]1(O)[C@H](O)[C@](O)(Cl)[C@@](O)(Cl)[C@@](O)(Cl)[C@]1(O)Cl. The van der Waals surface area contributed by atoms with Crippen LogP contribution in [-0.4, -0.2) is 68.4 Å². The van der Waals surface area contributed by atoms with Crippen LogP contribution in [0.15, 0.2) is 0 Å². The Morgan fingerprint density at radius 1 is 0.895 bits per heavy atom. The summed E-state index contributed by atoms with van der Waals surface area (Å²) in [6.45, 7) is 0.662. The zero-order chi connectivity index (χ0) is 15.7. The molecule has 7 nitrogen and oxygen atoms in total. The monoisotopic (exact) mass is 358 g/mol. The molecule has 6 atom stereocenters. The molecule has 0 aromatic heterocycles. The first kappa shape index (κ1) is 17.6. The van der Waals surface area contributed by atoms with Gasteiger partial charge in [0, 0.05) is 0 Å². The Bertz CT molecular complexity index is 421. The quantitative estimate of drug-likeness (QED) is 0.310. The molecule has 0 spiro atoms. The van der Waals surface area contributed by atoms with E-state index in [0.717, 1.165) is 0 Å². The van der Waals surface area contributed by atoms with Crippen molar-refractivity contribution < 1.29 is 35.4 Å². The lowest BCUT2D eigenvalue weighted by Crippen LogP contribution is -2.87. The van der Waals surface area contributed by atoms with Gasteiger partial charge < -0.3 is 30.6 Å². The Morgan fingerprint density at radius 2 is 1.26 bits per heavy atom. The maximum Gasteiger partial charge on any atom is 0.232 e. The molecular formula is C8H10Cl4O7. The Labute approximate surface area is 126 Å². The van der Waals surface area contributed by atoms with Crippen LogP contribution in [0.2, 0.25) is 0 Å². The predicted molar refractivity (Wildman–Crippen MR) is 64.8 cm³/mol. The Morgan fingerprint density at radius 3 is 1.58 bits per heavy atom. The second kappa shape index (κ2) is 4.30. The summed E-state index contributed by atoms with van der Waals surface area (Å²) in [4.78, 5) is 11.4. The molecule has 19 heavy (non-hydrogen) atoms. The molecule has 1 fully saturated rings. The molecule has 112 valence electrons. The lowest BCUT2D eigenvalue weighted by atomic mass is 9.71. The van der Waals surface area contributed by atoms with Crippen LogP contribution in [0, 0.1) is 0 Å². The van der Waals surface area contributed by atoms with Crippen LogP contribution in [-0.2, 0) is 4.79 Å². The number of carbonyl (C=O) groups excluding carboxylic acids is 1. The van der Waals surface area contributed by atoms with Crippen LogP contribution in [0.25, 0.3) is 0 Å². The zero-order valence-electron chi connectivity index (χ0n) is 9.18. The summed E-state index contributed by atoms with van der Waals surface area (Å²) in [6, 6.07) is 0. The van der Waals surface area contributed by atoms with Crippen LogP contribution >= 0.6 is 46.4 Å². The summed E-state index contributed by atoms with van der Waals surface area (Å²) in [5, 5.41) is 44.8. The minimum atomic E-state index is -3.60. The average molecular weight is 360 g/mol. The summed E-state index contributed by atoms with van der Waals surface area (Å²) in [5.41, 5.74) is -3.41. The molecule has 0 heterocycles. The third-order valence-electron chi connectivity index (χ3n) is 3.14. The van der Waals surface area contributed by atoms with Gasteiger partial charge in [0.05, 0.1) is 0 Å². The molecule has 0 aliphatic heterocycles. The van der Waals surface area contributed by atoms with Crippen molar-refractivity contribution in [1.29, 1.82) is 0 Å². The fourth-order valence-electron chi connectivity index (χ4n) is 1.77. The largest absolute Gasteiger partial charge is 0.385 e. The maximum atomic E-state index is 11.4. The van der Waals surface area contributed by atoms with Gasteiger partial charge in [0.15, 0.2) is 11.4 Å². The van der Waals surface area contributed by atoms with Crippen LogP contribution in [0.5, 0.6) is 0 Å². The van der Waals surface area contributed by atoms with Crippen LogP contribution in [0.1, 0.15) is 6.92 Å². The molecule has 0 amide bonds. The number of alkyl halides is 4. The molecule has 1 rings (SSSR count). The van der Waals surface area contributed by atoms with E-state index in [-0.39, 0.29) is 0 Å². The van der Waals surface area contributed by atoms with Crippen molar-refractivity contribution in [2.75, 3.05) is 0 Å². The number of carbonyl (C=O) groups is 1. The maximum absolute atomic E-state index is 11.4. The van der Waals surface area contributed by atoms with Gasteiger partial charge in [-0.05, 0) is 6.92 Å². The van der Waals surface area contributed by atoms with E-state index in [1.807, 2.05) is 0 Å². The molecule has 0 aromatic rings. The van der Waals surface area contributed by atoms with Gasteiger partial charge in [-0.15, -0.1) is 0 Å². The fourth-order valence-corrected chi connectivity index (χ4v) is 3.06. The molecule has 0 bridgehead atoms. The van der Waals surface area contributed by atoms with E-state index >= 15 is 0 Å². The van der Waals surface area contributed by atoms with Crippen molar-refractivity contribution in [2.24, 2.45) is 0 Å². The van der Waals surface area contributed by atoms with Crippen molar-refractivity contribution in [3.63, 3.8) is 0 Å². The van der Waals surface area contributed by atoms with Crippen molar-refractivity contribution in [1.82, 2.24) is 0 Å². The molecule has 0 radical (unpaired) electrons. The van der Waals surface area contributed by atoms with Crippen LogP contribution in [0.3, 0.4) is 0 Å². The second-order valence-electron chi connectivity index (χ2n) is 4.26. The molecule has 1 aliphatic rings. The fraction of sp³-hybridized carbons (Fsp3) is 0.875. The third-order valence-corrected chi connectivity index (χ3v) is 5.58. The highest BCUT2D eigenvalue weighted by molar-refractivity contribution is 6.44.